The number of halogens is 2. The van der Waals surface area contributed by atoms with Crippen molar-refractivity contribution in [3.8, 4) is 0 Å². The van der Waals surface area contributed by atoms with Crippen LogP contribution in [0.1, 0.15) is 6.42 Å². The summed E-state index contributed by atoms with van der Waals surface area (Å²) in [6.45, 7) is 3.55. The maximum absolute atomic E-state index is 12.5. The van der Waals surface area contributed by atoms with Gasteiger partial charge in [0.05, 0.1) is 22.4 Å². The molecule has 1 amide bonds. The molecule has 9 heteroatoms. The lowest BCUT2D eigenvalue weighted by molar-refractivity contribution is -0.133. The molecule has 0 radical (unpaired) electrons. The lowest BCUT2D eigenvalue weighted by Gasteiger charge is -2.35. The highest BCUT2D eigenvalue weighted by Crippen LogP contribution is 2.29. The first kappa shape index (κ1) is 20.2. The first-order valence-corrected chi connectivity index (χ1v) is 8.83. The van der Waals surface area contributed by atoms with Crippen LogP contribution in [0.15, 0.2) is 24.3 Å². The van der Waals surface area contributed by atoms with E-state index in [-0.39, 0.29) is 36.8 Å². The molecule has 0 spiro atoms. The minimum absolute atomic E-state index is 0. The molecule has 6 nitrogen and oxygen atoms in total. The van der Waals surface area contributed by atoms with Gasteiger partial charge in [0, 0.05) is 32.7 Å². The van der Waals surface area contributed by atoms with Crippen LogP contribution in [0.5, 0.6) is 0 Å². The molecular formula is C16H22Cl2N4O2S. The Morgan fingerprint density at radius 1 is 1.20 bits per heavy atom. The largest absolute Gasteiger partial charge is 0.392 e. The van der Waals surface area contributed by atoms with Crippen molar-refractivity contribution in [2.24, 2.45) is 0 Å². The molecule has 2 N–H and O–H groups in total. The Bertz CT molecular complexity index is 688. The molecule has 0 bridgehead atoms. The zero-order chi connectivity index (χ0) is 15.8. The molecule has 1 aromatic heterocycles. The van der Waals surface area contributed by atoms with Crippen molar-refractivity contribution < 1.29 is 9.90 Å². The molecule has 4 rings (SSSR count). The zero-order valence-corrected chi connectivity index (χ0v) is 16.1. The van der Waals surface area contributed by atoms with E-state index in [9.17, 15) is 9.90 Å². The second-order valence-corrected chi connectivity index (χ2v) is 7.14. The number of aliphatic hydroxyl groups excluding tert-OH is 1. The van der Waals surface area contributed by atoms with Crippen molar-refractivity contribution in [1.82, 2.24) is 15.2 Å². The topological polar surface area (TPSA) is 68.7 Å². The second-order valence-electron chi connectivity index (χ2n) is 6.13. The molecule has 25 heavy (non-hydrogen) atoms. The summed E-state index contributed by atoms with van der Waals surface area (Å²) < 4.78 is 1.20. The fraction of sp³-hybridized carbons (Fsp3) is 0.500. The van der Waals surface area contributed by atoms with Crippen LogP contribution in [0.2, 0.25) is 0 Å². The van der Waals surface area contributed by atoms with Crippen LogP contribution < -0.4 is 10.2 Å². The number of amides is 1. The van der Waals surface area contributed by atoms with Gasteiger partial charge < -0.3 is 20.2 Å². The number of thiazole rings is 1. The monoisotopic (exact) mass is 404 g/mol. The number of anilines is 1. The smallest absolute Gasteiger partial charge is 0.239 e. The molecular weight excluding hydrogens is 383 g/mol. The van der Waals surface area contributed by atoms with E-state index in [1.165, 1.54) is 4.70 Å². The van der Waals surface area contributed by atoms with Gasteiger partial charge in [-0.05, 0) is 18.6 Å². The number of hydrogen-bond acceptors (Lipinski definition) is 6. The molecule has 2 saturated heterocycles. The summed E-state index contributed by atoms with van der Waals surface area (Å²) >= 11 is 1.70. The number of piperazine rings is 1. The van der Waals surface area contributed by atoms with Crippen LogP contribution in [0.25, 0.3) is 10.2 Å². The van der Waals surface area contributed by atoms with Crippen molar-refractivity contribution in [2.45, 2.75) is 18.6 Å². The molecule has 0 saturated carbocycles. The van der Waals surface area contributed by atoms with Crippen molar-refractivity contribution in [3.63, 3.8) is 0 Å². The SMILES string of the molecule is Cl.Cl.O=C([C@@H]1C[C@@H](O)CN1)N1CCN(c2nc3ccccc3s2)CC1. The summed E-state index contributed by atoms with van der Waals surface area (Å²) in [5, 5.41) is 13.7. The van der Waals surface area contributed by atoms with Gasteiger partial charge >= 0.3 is 0 Å². The lowest BCUT2D eigenvalue weighted by Crippen LogP contribution is -2.53. The molecule has 2 aromatic rings. The van der Waals surface area contributed by atoms with Gasteiger partial charge in [-0.1, -0.05) is 23.5 Å². The number of rotatable bonds is 2. The second kappa shape index (κ2) is 8.51. The van der Waals surface area contributed by atoms with E-state index in [0.29, 0.717) is 26.1 Å². The van der Waals surface area contributed by atoms with Crippen molar-refractivity contribution in [3.05, 3.63) is 24.3 Å². The van der Waals surface area contributed by atoms with Crippen molar-refractivity contribution in [2.75, 3.05) is 37.6 Å². The zero-order valence-electron chi connectivity index (χ0n) is 13.6. The highest BCUT2D eigenvalue weighted by Gasteiger charge is 2.33. The number of para-hydroxylation sites is 1. The predicted octanol–water partition coefficient (Wildman–Crippen LogP) is 1.51. The van der Waals surface area contributed by atoms with E-state index in [4.69, 9.17) is 0 Å². The molecule has 2 aliphatic rings. The Hall–Kier alpha value is -1.12. The number of carbonyl (C=O) groups is 1. The van der Waals surface area contributed by atoms with Crippen LogP contribution in [0.4, 0.5) is 5.13 Å². The van der Waals surface area contributed by atoms with Gasteiger partial charge in [0.15, 0.2) is 5.13 Å². The molecule has 1 aromatic carbocycles. The van der Waals surface area contributed by atoms with Crippen LogP contribution >= 0.6 is 36.2 Å². The lowest BCUT2D eigenvalue weighted by atomic mass is 10.1. The summed E-state index contributed by atoms with van der Waals surface area (Å²) in [4.78, 5) is 21.3. The number of aliphatic hydroxyl groups is 1. The summed E-state index contributed by atoms with van der Waals surface area (Å²) in [5.41, 5.74) is 1.04. The van der Waals surface area contributed by atoms with Gasteiger partial charge in [0.25, 0.3) is 0 Å². The molecule has 138 valence electrons. The first-order chi connectivity index (χ1) is 11.2. The quantitative estimate of drug-likeness (QED) is 0.793. The summed E-state index contributed by atoms with van der Waals surface area (Å²) in [6, 6.07) is 7.94. The van der Waals surface area contributed by atoms with E-state index >= 15 is 0 Å². The van der Waals surface area contributed by atoms with Crippen molar-refractivity contribution in [1.29, 1.82) is 0 Å². The molecule has 2 aliphatic heterocycles. The van der Waals surface area contributed by atoms with Gasteiger partial charge in [0.1, 0.15) is 0 Å². The van der Waals surface area contributed by atoms with Gasteiger partial charge in [-0.3, -0.25) is 4.79 Å². The molecule has 2 fully saturated rings. The Morgan fingerprint density at radius 3 is 2.56 bits per heavy atom. The summed E-state index contributed by atoms with van der Waals surface area (Å²) in [5.74, 6) is 0.116. The third-order valence-corrected chi connectivity index (χ3v) is 5.65. The minimum atomic E-state index is -0.395. The Kier molecular flexibility index (Phi) is 6.87. The predicted molar refractivity (Wildman–Crippen MR) is 105 cm³/mol. The Morgan fingerprint density at radius 2 is 1.92 bits per heavy atom. The van der Waals surface area contributed by atoms with E-state index in [1.54, 1.807) is 11.3 Å². The van der Waals surface area contributed by atoms with Crippen LogP contribution in [-0.2, 0) is 4.79 Å². The number of benzene rings is 1. The maximum Gasteiger partial charge on any atom is 0.239 e. The Balaban J connectivity index is 0.00000113. The number of β-amino-alcohol motifs (C(OH)–C–C–N with tert-alkyl or cyclic N) is 1. The number of aromatic nitrogens is 1. The number of fused-ring (bicyclic) bond motifs is 1. The van der Waals surface area contributed by atoms with E-state index in [0.717, 1.165) is 23.7 Å². The van der Waals surface area contributed by atoms with Gasteiger partial charge in [-0.15, -0.1) is 24.8 Å². The van der Waals surface area contributed by atoms with E-state index in [2.05, 4.69) is 21.3 Å². The number of nitrogens with zero attached hydrogens (tertiary/aromatic N) is 3. The molecule has 2 atom stereocenters. The standard InChI is InChI=1S/C16H20N4O2S.2ClH/c21-11-9-13(17-10-11)15(22)19-5-7-20(8-6-19)16-18-12-3-1-2-4-14(12)23-16;;/h1-4,11,13,17,21H,5-10H2;2*1H/t11-,13+;;/m1../s1. The fourth-order valence-corrected chi connectivity index (χ4v) is 4.26. The minimum Gasteiger partial charge on any atom is -0.392 e. The van der Waals surface area contributed by atoms with Crippen LogP contribution in [-0.4, -0.2) is 65.8 Å². The maximum atomic E-state index is 12.5. The molecule has 0 aliphatic carbocycles. The third-order valence-electron chi connectivity index (χ3n) is 4.55. The summed E-state index contributed by atoms with van der Waals surface area (Å²) in [7, 11) is 0. The highest BCUT2D eigenvalue weighted by atomic mass is 35.5. The van der Waals surface area contributed by atoms with Gasteiger partial charge in [0.2, 0.25) is 5.91 Å². The highest BCUT2D eigenvalue weighted by molar-refractivity contribution is 7.22. The molecule has 3 heterocycles. The van der Waals surface area contributed by atoms with Gasteiger partial charge in [-0.2, -0.15) is 0 Å². The average molecular weight is 405 g/mol. The van der Waals surface area contributed by atoms with Crippen LogP contribution in [0.3, 0.4) is 0 Å². The number of carbonyl (C=O) groups excluding carboxylic acids is 1. The number of hydrogen-bond donors (Lipinski definition) is 2. The van der Waals surface area contributed by atoms with E-state index in [1.807, 2.05) is 23.1 Å². The third kappa shape index (κ3) is 4.17. The van der Waals surface area contributed by atoms with Crippen molar-refractivity contribution >= 4 is 57.4 Å². The van der Waals surface area contributed by atoms with Crippen LogP contribution in [0, 0.1) is 0 Å². The van der Waals surface area contributed by atoms with Gasteiger partial charge in [-0.25, -0.2) is 4.98 Å². The fourth-order valence-electron chi connectivity index (χ4n) is 3.24. The summed E-state index contributed by atoms with van der Waals surface area (Å²) in [6.07, 6.45) is 0.129. The first-order valence-electron chi connectivity index (χ1n) is 8.01. The van der Waals surface area contributed by atoms with E-state index < -0.39 is 6.10 Å². The molecule has 0 unspecified atom stereocenters. The number of nitrogens with one attached hydrogen (secondary N) is 1. The Labute approximate surface area is 163 Å². The average Bonchev–Trinajstić information content (AvgIpc) is 3.20. The normalized spacial score (nSPS) is 23.2.